The third-order valence-corrected chi connectivity index (χ3v) is 4.18. The van der Waals surface area contributed by atoms with Crippen molar-refractivity contribution in [3.05, 3.63) is 53.2 Å². The summed E-state index contributed by atoms with van der Waals surface area (Å²) in [5.74, 6) is 2.45. The molecule has 0 saturated heterocycles. The maximum Gasteiger partial charge on any atom is 0.188 e. The van der Waals surface area contributed by atoms with Crippen LogP contribution in [0.1, 0.15) is 18.1 Å². The zero-order valence-electron chi connectivity index (χ0n) is 13.2. The Hall–Kier alpha value is -2.44. The van der Waals surface area contributed by atoms with Gasteiger partial charge in [0.2, 0.25) is 0 Å². The van der Waals surface area contributed by atoms with E-state index in [1.807, 2.05) is 45.8 Å². The molecule has 1 aliphatic heterocycles. The van der Waals surface area contributed by atoms with Crippen molar-refractivity contribution in [1.29, 1.82) is 0 Å². The summed E-state index contributed by atoms with van der Waals surface area (Å²) < 4.78 is 9.25. The lowest BCUT2D eigenvalue weighted by Crippen LogP contribution is -2.04. The number of hydrogen-bond acceptors (Lipinski definition) is 4. The van der Waals surface area contributed by atoms with Crippen LogP contribution in [0.4, 0.5) is 0 Å². The van der Waals surface area contributed by atoms with Gasteiger partial charge in [0, 0.05) is 36.6 Å². The topological polar surface area (TPSA) is 57.8 Å². The second-order valence-electron chi connectivity index (χ2n) is 5.56. The molecule has 4 rings (SSSR count). The summed E-state index contributed by atoms with van der Waals surface area (Å²) in [6.07, 6.45) is 8.09. The maximum absolute atomic E-state index is 6.01. The number of halogens is 1. The Balaban J connectivity index is 1.85. The van der Waals surface area contributed by atoms with Gasteiger partial charge in [-0.05, 0) is 30.7 Å². The molecule has 0 unspecified atom stereocenters. The van der Waals surface area contributed by atoms with Gasteiger partial charge in [0.05, 0.1) is 0 Å². The molecule has 0 N–H and O–H groups in total. The Morgan fingerprint density at radius 3 is 2.79 bits per heavy atom. The summed E-state index contributed by atoms with van der Waals surface area (Å²) >= 11 is 6.01. The van der Waals surface area contributed by atoms with Crippen LogP contribution in [-0.4, -0.2) is 31.4 Å². The van der Waals surface area contributed by atoms with Crippen molar-refractivity contribution in [2.45, 2.75) is 19.4 Å². The van der Waals surface area contributed by atoms with Crippen LogP contribution in [0.5, 0.6) is 0 Å². The van der Waals surface area contributed by atoms with E-state index in [0.29, 0.717) is 17.5 Å². The third-order valence-electron chi connectivity index (χ3n) is 3.93. The average Bonchev–Trinajstić information content (AvgIpc) is 3.19. The quantitative estimate of drug-likeness (QED) is 0.730. The van der Waals surface area contributed by atoms with Gasteiger partial charge < -0.3 is 9.30 Å². The van der Waals surface area contributed by atoms with Gasteiger partial charge >= 0.3 is 0 Å². The van der Waals surface area contributed by atoms with E-state index in [4.69, 9.17) is 21.3 Å². The molecule has 0 fully saturated rings. The standard InChI is InChI=1S/C17H16ClN5O/c1-24-11-16-20-21-17(23(16)13-7-5-12(18)6-8-13)14-10-22-9-3-2-4-15(22)19-14/h3,5-10H,2,4,11H2,1H3. The van der Waals surface area contributed by atoms with Crippen molar-refractivity contribution in [3.63, 3.8) is 0 Å². The SMILES string of the molecule is COCc1nnc(-c2cn3c(n2)CCC=C3)n1-c1ccc(Cl)cc1. The highest BCUT2D eigenvalue weighted by molar-refractivity contribution is 6.30. The zero-order valence-corrected chi connectivity index (χ0v) is 13.9. The van der Waals surface area contributed by atoms with E-state index in [2.05, 4.69) is 16.3 Å². The normalized spacial score (nSPS) is 13.2. The first kappa shape index (κ1) is 15.1. The molecule has 0 spiro atoms. The van der Waals surface area contributed by atoms with Gasteiger partial charge in [0.1, 0.15) is 18.1 Å². The van der Waals surface area contributed by atoms with E-state index >= 15 is 0 Å². The molecule has 1 aliphatic rings. The molecular formula is C17H16ClN5O. The molecule has 2 aromatic heterocycles. The molecule has 1 aromatic carbocycles. The minimum atomic E-state index is 0.364. The van der Waals surface area contributed by atoms with Crippen molar-refractivity contribution in [3.8, 4) is 17.2 Å². The molecule has 0 amide bonds. The monoisotopic (exact) mass is 341 g/mol. The fraction of sp³-hybridized carbons (Fsp3) is 0.235. The predicted molar refractivity (Wildman–Crippen MR) is 92.0 cm³/mol. The smallest absolute Gasteiger partial charge is 0.188 e. The van der Waals surface area contributed by atoms with E-state index in [-0.39, 0.29) is 0 Å². The number of allylic oxidation sites excluding steroid dienone is 1. The number of benzene rings is 1. The van der Waals surface area contributed by atoms with Crippen LogP contribution in [0, 0.1) is 0 Å². The first-order valence-electron chi connectivity index (χ1n) is 7.70. The van der Waals surface area contributed by atoms with Gasteiger partial charge in [-0.3, -0.25) is 4.57 Å². The molecule has 0 radical (unpaired) electrons. The number of fused-ring (bicyclic) bond motifs is 1. The number of methoxy groups -OCH3 is 1. The predicted octanol–water partition coefficient (Wildman–Crippen LogP) is 3.35. The molecule has 0 atom stereocenters. The van der Waals surface area contributed by atoms with Crippen LogP contribution >= 0.6 is 11.6 Å². The van der Waals surface area contributed by atoms with E-state index in [9.17, 15) is 0 Å². The Kier molecular flexibility index (Phi) is 3.92. The van der Waals surface area contributed by atoms with Crippen molar-refractivity contribution >= 4 is 17.8 Å². The fourth-order valence-electron chi connectivity index (χ4n) is 2.82. The molecule has 3 heterocycles. The van der Waals surface area contributed by atoms with Gasteiger partial charge in [-0.1, -0.05) is 17.7 Å². The number of imidazole rings is 1. The molecule has 122 valence electrons. The van der Waals surface area contributed by atoms with Crippen LogP contribution in [0.3, 0.4) is 0 Å². The lowest BCUT2D eigenvalue weighted by Gasteiger charge is -2.09. The van der Waals surface area contributed by atoms with Crippen molar-refractivity contribution < 1.29 is 4.74 Å². The van der Waals surface area contributed by atoms with E-state index in [1.54, 1.807) is 7.11 Å². The zero-order chi connectivity index (χ0) is 16.5. The fourth-order valence-corrected chi connectivity index (χ4v) is 2.95. The Bertz CT molecular complexity index is 894. The molecule has 0 saturated carbocycles. The molecule has 24 heavy (non-hydrogen) atoms. The molecular weight excluding hydrogens is 326 g/mol. The minimum absolute atomic E-state index is 0.364. The van der Waals surface area contributed by atoms with Gasteiger partial charge in [-0.15, -0.1) is 10.2 Å². The summed E-state index contributed by atoms with van der Waals surface area (Å²) in [6, 6.07) is 7.56. The van der Waals surface area contributed by atoms with Gasteiger partial charge in [-0.25, -0.2) is 4.98 Å². The summed E-state index contributed by atoms with van der Waals surface area (Å²) in [7, 11) is 1.64. The Labute approximate surface area is 144 Å². The summed E-state index contributed by atoms with van der Waals surface area (Å²) in [4.78, 5) is 4.72. The molecule has 6 nitrogen and oxygen atoms in total. The molecule has 3 aromatic rings. The van der Waals surface area contributed by atoms with Crippen LogP contribution in [0.25, 0.3) is 23.4 Å². The van der Waals surface area contributed by atoms with Crippen molar-refractivity contribution in [1.82, 2.24) is 24.3 Å². The highest BCUT2D eigenvalue weighted by Gasteiger charge is 2.19. The lowest BCUT2D eigenvalue weighted by atomic mass is 10.2. The number of aryl methyl sites for hydroxylation is 1. The molecule has 0 bridgehead atoms. The van der Waals surface area contributed by atoms with Crippen LogP contribution in [-0.2, 0) is 17.8 Å². The second kappa shape index (κ2) is 6.22. The number of nitrogens with zero attached hydrogens (tertiary/aromatic N) is 5. The van der Waals surface area contributed by atoms with Gasteiger partial charge in [0.15, 0.2) is 11.6 Å². The summed E-state index contributed by atoms with van der Waals surface area (Å²) in [5, 5.41) is 9.31. The van der Waals surface area contributed by atoms with Gasteiger partial charge in [0.25, 0.3) is 0 Å². The largest absolute Gasteiger partial charge is 0.377 e. The first-order valence-corrected chi connectivity index (χ1v) is 8.08. The van der Waals surface area contributed by atoms with Crippen LogP contribution in [0.2, 0.25) is 5.02 Å². The van der Waals surface area contributed by atoms with Gasteiger partial charge in [-0.2, -0.15) is 0 Å². The highest BCUT2D eigenvalue weighted by Crippen LogP contribution is 2.25. The van der Waals surface area contributed by atoms with Crippen LogP contribution < -0.4 is 0 Å². The van der Waals surface area contributed by atoms with Crippen molar-refractivity contribution in [2.24, 2.45) is 0 Å². The van der Waals surface area contributed by atoms with E-state index < -0.39 is 0 Å². The second-order valence-corrected chi connectivity index (χ2v) is 5.99. The first-order chi connectivity index (χ1) is 11.8. The van der Waals surface area contributed by atoms with E-state index in [1.165, 1.54) is 0 Å². The Morgan fingerprint density at radius 1 is 1.21 bits per heavy atom. The Morgan fingerprint density at radius 2 is 2.04 bits per heavy atom. The van der Waals surface area contributed by atoms with Crippen molar-refractivity contribution in [2.75, 3.05) is 7.11 Å². The molecule has 0 aliphatic carbocycles. The number of aromatic nitrogens is 5. The summed E-state index contributed by atoms with van der Waals surface area (Å²) in [6.45, 7) is 0.364. The number of hydrogen-bond donors (Lipinski definition) is 0. The number of rotatable bonds is 4. The third kappa shape index (κ3) is 2.64. The van der Waals surface area contributed by atoms with Crippen LogP contribution in [0.15, 0.2) is 36.5 Å². The molecule has 7 heteroatoms. The number of ether oxygens (including phenoxy) is 1. The maximum atomic E-state index is 6.01. The average molecular weight is 342 g/mol. The summed E-state index contributed by atoms with van der Waals surface area (Å²) in [5.41, 5.74) is 1.72. The highest BCUT2D eigenvalue weighted by atomic mass is 35.5. The lowest BCUT2D eigenvalue weighted by molar-refractivity contribution is 0.176. The van der Waals surface area contributed by atoms with E-state index in [0.717, 1.165) is 35.9 Å². The minimum Gasteiger partial charge on any atom is -0.377 e.